The number of terminal acetylenes is 1. The van der Waals surface area contributed by atoms with Gasteiger partial charge >= 0.3 is 5.97 Å². The molecule has 2 aliphatic carbocycles. The van der Waals surface area contributed by atoms with Crippen LogP contribution in [0.3, 0.4) is 0 Å². The number of aliphatic carboxylic acids is 1. The maximum atomic E-state index is 10.8. The second-order valence-corrected chi connectivity index (χ2v) is 4.24. The molecule has 0 atom stereocenters. The predicted molar refractivity (Wildman–Crippen MR) is 44.4 cm³/mol. The summed E-state index contributed by atoms with van der Waals surface area (Å²) < 4.78 is 0. The molecule has 1 N–H and O–H groups in total. The smallest absolute Gasteiger partial charge is 0.321 e. The summed E-state index contributed by atoms with van der Waals surface area (Å²) in [5.74, 6) is 1.64. The van der Waals surface area contributed by atoms with Gasteiger partial charge < -0.3 is 5.11 Å². The Balaban J connectivity index is 2.09. The standard InChI is InChI=1S/C10H12O2/c1-2-10(8(11)12)6-9(7-10)4-3-5-9/h1H,3-7H2,(H,11,12). The van der Waals surface area contributed by atoms with Crippen molar-refractivity contribution in [1.29, 1.82) is 0 Å². The van der Waals surface area contributed by atoms with Gasteiger partial charge in [-0.2, -0.15) is 0 Å². The molecule has 2 fully saturated rings. The molecule has 0 radical (unpaired) electrons. The van der Waals surface area contributed by atoms with Gasteiger partial charge in [-0.1, -0.05) is 12.3 Å². The van der Waals surface area contributed by atoms with E-state index in [0.717, 1.165) is 0 Å². The van der Waals surface area contributed by atoms with E-state index in [9.17, 15) is 4.79 Å². The normalized spacial score (nSPS) is 28.2. The van der Waals surface area contributed by atoms with Gasteiger partial charge in [0.15, 0.2) is 0 Å². The molecule has 0 aromatic heterocycles. The SMILES string of the molecule is C#CC1(C(=O)O)CC2(CCC2)C1. The molecule has 0 bridgehead atoms. The Kier molecular flexibility index (Phi) is 1.30. The predicted octanol–water partition coefficient (Wildman–Crippen LogP) is 1.65. The van der Waals surface area contributed by atoms with Crippen LogP contribution in [0, 0.1) is 23.2 Å². The van der Waals surface area contributed by atoms with Crippen molar-refractivity contribution in [3.8, 4) is 12.3 Å². The molecule has 2 saturated carbocycles. The summed E-state index contributed by atoms with van der Waals surface area (Å²) in [6.45, 7) is 0. The van der Waals surface area contributed by atoms with E-state index in [1.165, 1.54) is 19.3 Å². The number of carboxylic acid groups (broad SMARTS) is 1. The van der Waals surface area contributed by atoms with Crippen LogP contribution in [0.4, 0.5) is 0 Å². The van der Waals surface area contributed by atoms with Crippen LogP contribution in [-0.2, 0) is 4.79 Å². The average Bonchev–Trinajstić information content (AvgIpc) is 1.82. The zero-order valence-corrected chi connectivity index (χ0v) is 6.97. The van der Waals surface area contributed by atoms with Gasteiger partial charge in [0.25, 0.3) is 0 Å². The minimum absolute atomic E-state index is 0.338. The highest BCUT2D eigenvalue weighted by atomic mass is 16.4. The van der Waals surface area contributed by atoms with E-state index in [-0.39, 0.29) is 0 Å². The fraction of sp³-hybridized carbons (Fsp3) is 0.700. The van der Waals surface area contributed by atoms with Crippen molar-refractivity contribution in [2.24, 2.45) is 10.8 Å². The Bertz CT molecular complexity index is 260. The van der Waals surface area contributed by atoms with Crippen molar-refractivity contribution in [2.75, 3.05) is 0 Å². The Labute approximate surface area is 72.0 Å². The third-order valence-corrected chi connectivity index (χ3v) is 3.45. The number of hydrogen-bond acceptors (Lipinski definition) is 1. The van der Waals surface area contributed by atoms with Gasteiger partial charge in [-0.05, 0) is 31.1 Å². The first-order valence-electron chi connectivity index (χ1n) is 4.34. The maximum Gasteiger partial charge on any atom is 0.321 e. The molecule has 12 heavy (non-hydrogen) atoms. The summed E-state index contributed by atoms with van der Waals surface area (Å²) in [5.41, 5.74) is -0.467. The molecule has 0 aromatic rings. The molecule has 2 nitrogen and oxygen atoms in total. The van der Waals surface area contributed by atoms with Gasteiger partial charge in [0, 0.05) is 0 Å². The van der Waals surface area contributed by atoms with E-state index in [1.54, 1.807) is 0 Å². The number of rotatable bonds is 1. The Morgan fingerprint density at radius 3 is 2.25 bits per heavy atom. The molecular formula is C10H12O2. The van der Waals surface area contributed by atoms with Crippen LogP contribution in [0.25, 0.3) is 0 Å². The summed E-state index contributed by atoms with van der Waals surface area (Å²) in [4.78, 5) is 10.8. The van der Waals surface area contributed by atoms with Gasteiger partial charge in [-0.25, -0.2) is 0 Å². The quantitative estimate of drug-likeness (QED) is 0.598. The van der Waals surface area contributed by atoms with Crippen molar-refractivity contribution < 1.29 is 9.90 Å². The Hall–Kier alpha value is -0.970. The first-order chi connectivity index (χ1) is 5.63. The van der Waals surface area contributed by atoms with Gasteiger partial charge in [0.2, 0.25) is 0 Å². The van der Waals surface area contributed by atoms with Crippen LogP contribution in [0.15, 0.2) is 0 Å². The second kappa shape index (κ2) is 2.04. The topological polar surface area (TPSA) is 37.3 Å². The highest BCUT2D eigenvalue weighted by Gasteiger charge is 2.60. The molecule has 64 valence electrons. The molecule has 0 aromatic carbocycles. The molecular weight excluding hydrogens is 152 g/mol. The lowest BCUT2D eigenvalue weighted by Gasteiger charge is -2.57. The van der Waals surface area contributed by atoms with E-state index < -0.39 is 11.4 Å². The lowest BCUT2D eigenvalue weighted by Crippen LogP contribution is -2.53. The fourth-order valence-electron chi connectivity index (χ4n) is 2.57. The minimum atomic E-state index is -0.805. The minimum Gasteiger partial charge on any atom is -0.480 e. The lowest BCUT2D eigenvalue weighted by atomic mass is 9.45. The van der Waals surface area contributed by atoms with Gasteiger partial charge in [0.05, 0.1) is 0 Å². The average molecular weight is 164 g/mol. The molecule has 1 spiro atoms. The Morgan fingerprint density at radius 2 is 2.00 bits per heavy atom. The molecule has 0 unspecified atom stereocenters. The summed E-state index contributed by atoms with van der Waals surface area (Å²) in [6, 6.07) is 0. The highest BCUT2D eigenvalue weighted by molar-refractivity contribution is 5.80. The molecule has 0 aliphatic heterocycles. The van der Waals surface area contributed by atoms with E-state index in [4.69, 9.17) is 11.5 Å². The van der Waals surface area contributed by atoms with E-state index >= 15 is 0 Å². The third-order valence-electron chi connectivity index (χ3n) is 3.45. The van der Waals surface area contributed by atoms with Crippen molar-refractivity contribution in [2.45, 2.75) is 32.1 Å². The van der Waals surface area contributed by atoms with Crippen molar-refractivity contribution in [3.63, 3.8) is 0 Å². The lowest BCUT2D eigenvalue weighted by molar-refractivity contribution is -0.164. The summed E-state index contributed by atoms with van der Waals surface area (Å²) >= 11 is 0. The fourth-order valence-corrected chi connectivity index (χ4v) is 2.57. The highest BCUT2D eigenvalue weighted by Crippen LogP contribution is 2.64. The summed E-state index contributed by atoms with van der Waals surface area (Å²) in [7, 11) is 0. The molecule has 2 aliphatic rings. The summed E-state index contributed by atoms with van der Waals surface area (Å²) in [5, 5.41) is 8.89. The monoisotopic (exact) mass is 164 g/mol. The Morgan fingerprint density at radius 1 is 1.42 bits per heavy atom. The van der Waals surface area contributed by atoms with Crippen LogP contribution in [-0.4, -0.2) is 11.1 Å². The zero-order chi connectivity index (χ0) is 8.82. The maximum absolute atomic E-state index is 10.8. The molecule has 2 heteroatoms. The van der Waals surface area contributed by atoms with Crippen molar-refractivity contribution >= 4 is 5.97 Å². The van der Waals surface area contributed by atoms with Crippen LogP contribution < -0.4 is 0 Å². The first-order valence-corrected chi connectivity index (χ1v) is 4.34. The number of hydrogen-bond donors (Lipinski definition) is 1. The third kappa shape index (κ3) is 0.741. The molecule has 0 saturated heterocycles. The van der Waals surface area contributed by atoms with Crippen LogP contribution in [0.2, 0.25) is 0 Å². The van der Waals surface area contributed by atoms with Gasteiger partial charge in [0.1, 0.15) is 5.41 Å². The van der Waals surface area contributed by atoms with Gasteiger partial charge in [-0.15, -0.1) is 6.42 Å². The van der Waals surface area contributed by atoms with Crippen molar-refractivity contribution in [3.05, 3.63) is 0 Å². The molecule has 0 amide bonds. The first kappa shape index (κ1) is 7.67. The van der Waals surface area contributed by atoms with E-state index in [2.05, 4.69) is 5.92 Å². The second-order valence-electron chi connectivity index (χ2n) is 4.24. The largest absolute Gasteiger partial charge is 0.480 e. The van der Waals surface area contributed by atoms with E-state index in [1.807, 2.05) is 0 Å². The summed E-state index contributed by atoms with van der Waals surface area (Å²) in [6.07, 6.45) is 10.3. The van der Waals surface area contributed by atoms with Crippen LogP contribution >= 0.6 is 0 Å². The van der Waals surface area contributed by atoms with Gasteiger partial charge in [-0.3, -0.25) is 4.79 Å². The molecule has 2 rings (SSSR count). The zero-order valence-electron chi connectivity index (χ0n) is 6.97. The number of carboxylic acids is 1. The van der Waals surface area contributed by atoms with Crippen LogP contribution in [0.1, 0.15) is 32.1 Å². The van der Waals surface area contributed by atoms with E-state index in [0.29, 0.717) is 18.3 Å². The van der Waals surface area contributed by atoms with Crippen molar-refractivity contribution in [1.82, 2.24) is 0 Å². The number of carbonyl (C=O) groups is 1. The van der Waals surface area contributed by atoms with Crippen LogP contribution in [0.5, 0.6) is 0 Å². The molecule has 0 heterocycles.